The highest BCUT2D eigenvalue weighted by Crippen LogP contribution is 2.19. The largest absolute Gasteiger partial charge is 0.376 e. The van der Waals surface area contributed by atoms with Crippen LogP contribution in [0, 0.1) is 11.3 Å². The van der Waals surface area contributed by atoms with Crippen LogP contribution in [0.3, 0.4) is 0 Å². The third-order valence-corrected chi connectivity index (χ3v) is 3.05. The SMILES string of the molecule is CCN(CC1CCCO1)c1ccnc(C#N)c1. The van der Waals surface area contributed by atoms with Crippen LogP contribution >= 0.6 is 0 Å². The van der Waals surface area contributed by atoms with Gasteiger partial charge in [0.2, 0.25) is 0 Å². The van der Waals surface area contributed by atoms with Gasteiger partial charge in [0.15, 0.2) is 0 Å². The van der Waals surface area contributed by atoms with Gasteiger partial charge in [0.05, 0.1) is 6.10 Å². The average molecular weight is 231 g/mol. The van der Waals surface area contributed by atoms with Gasteiger partial charge in [-0.2, -0.15) is 5.26 Å². The summed E-state index contributed by atoms with van der Waals surface area (Å²) in [6.45, 7) is 4.80. The summed E-state index contributed by atoms with van der Waals surface area (Å²) in [6.07, 6.45) is 4.30. The first kappa shape index (κ1) is 11.9. The van der Waals surface area contributed by atoms with Crippen molar-refractivity contribution in [3.63, 3.8) is 0 Å². The second kappa shape index (κ2) is 5.65. The molecule has 1 aliphatic heterocycles. The van der Waals surface area contributed by atoms with Gasteiger partial charge in [-0.05, 0) is 31.9 Å². The normalized spacial score (nSPS) is 18.9. The van der Waals surface area contributed by atoms with Gasteiger partial charge in [-0.15, -0.1) is 0 Å². The van der Waals surface area contributed by atoms with Gasteiger partial charge in [0, 0.05) is 31.6 Å². The van der Waals surface area contributed by atoms with E-state index in [9.17, 15) is 0 Å². The van der Waals surface area contributed by atoms with Crippen LogP contribution < -0.4 is 4.90 Å². The number of aromatic nitrogens is 1. The fourth-order valence-electron chi connectivity index (χ4n) is 2.13. The molecule has 2 heterocycles. The average Bonchev–Trinajstić information content (AvgIpc) is 2.89. The van der Waals surface area contributed by atoms with Gasteiger partial charge < -0.3 is 9.64 Å². The van der Waals surface area contributed by atoms with Gasteiger partial charge in [-0.3, -0.25) is 0 Å². The van der Waals surface area contributed by atoms with Crippen LogP contribution in [0.25, 0.3) is 0 Å². The van der Waals surface area contributed by atoms with Crippen molar-refractivity contribution in [3.05, 3.63) is 24.0 Å². The Labute approximate surface area is 102 Å². The zero-order valence-corrected chi connectivity index (χ0v) is 10.1. The van der Waals surface area contributed by atoms with E-state index in [0.717, 1.165) is 38.2 Å². The highest BCUT2D eigenvalue weighted by Gasteiger charge is 2.18. The molecule has 1 aliphatic rings. The molecule has 1 aromatic heterocycles. The molecule has 4 heteroatoms. The highest BCUT2D eigenvalue weighted by atomic mass is 16.5. The molecule has 0 aliphatic carbocycles. The highest BCUT2D eigenvalue weighted by molar-refractivity contribution is 5.48. The maximum Gasteiger partial charge on any atom is 0.142 e. The zero-order valence-electron chi connectivity index (χ0n) is 10.1. The lowest BCUT2D eigenvalue weighted by Crippen LogP contribution is -2.32. The van der Waals surface area contributed by atoms with Crippen LogP contribution in [0.2, 0.25) is 0 Å². The van der Waals surface area contributed by atoms with Crippen LogP contribution in [0.1, 0.15) is 25.5 Å². The van der Waals surface area contributed by atoms with Crippen molar-refractivity contribution in [3.8, 4) is 6.07 Å². The molecule has 1 unspecified atom stereocenters. The lowest BCUT2D eigenvalue weighted by atomic mass is 10.2. The molecular weight excluding hydrogens is 214 g/mol. The van der Waals surface area contributed by atoms with Crippen molar-refractivity contribution in [1.29, 1.82) is 5.26 Å². The number of hydrogen-bond donors (Lipinski definition) is 0. The monoisotopic (exact) mass is 231 g/mol. The van der Waals surface area contributed by atoms with E-state index >= 15 is 0 Å². The predicted molar refractivity (Wildman–Crippen MR) is 65.8 cm³/mol. The molecule has 0 spiro atoms. The molecule has 17 heavy (non-hydrogen) atoms. The molecule has 0 amide bonds. The smallest absolute Gasteiger partial charge is 0.142 e. The Balaban J connectivity index is 2.08. The molecule has 1 aromatic rings. The Morgan fingerprint density at radius 2 is 2.53 bits per heavy atom. The van der Waals surface area contributed by atoms with Crippen LogP contribution in [0.4, 0.5) is 5.69 Å². The van der Waals surface area contributed by atoms with E-state index in [2.05, 4.69) is 22.9 Å². The molecule has 0 radical (unpaired) electrons. The summed E-state index contributed by atoms with van der Waals surface area (Å²) in [7, 11) is 0. The van der Waals surface area contributed by atoms with Crippen molar-refractivity contribution < 1.29 is 4.74 Å². The van der Waals surface area contributed by atoms with E-state index < -0.39 is 0 Å². The molecule has 2 rings (SSSR count). The summed E-state index contributed by atoms with van der Waals surface area (Å²) in [5, 5.41) is 8.85. The first-order chi connectivity index (χ1) is 8.33. The minimum atomic E-state index is 0.327. The summed E-state index contributed by atoms with van der Waals surface area (Å²) in [4.78, 5) is 6.22. The van der Waals surface area contributed by atoms with Crippen LogP contribution in [-0.4, -0.2) is 30.8 Å². The van der Waals surface area contributed by atoms with Crippen molar-refractivity contribution in [2.75, 3.05) is 24.6 Å². The molecule has 90 valence electrons. The first-order valence-corrected chi connectivity index (χ1v) is 6.06. The zero-order chi connectivity index (χ0) is 12.1. The molecule has 1 fully saturated rings. The molecule has 4 nitrogen and oxygen atoms in total. The number of hydrogen-bond acceptors (Lipinski definition) is 4. The number of rotatable bonds is 4. The summed E-state index contributed by atoms with van der Waals surface area (Å²) >= 11 is 0. The second-order valence-corrected chi connectivity index (χ2v) is 4.18. The topological polar surface area (TPSA) is 49.1 Å². The number of nitrogens with zero attached hydrogens (tertiary/aromatic N) is 3. The van der Waals surface area contributed by atoms with Gasteiger partial charge in [0.25, 0.3) is 0 Å². The quantitative estimate of drug-likeness (QED) is 0.794. The van der Waals surface area contributed by atoms with Crippen LogP contribution in [0.5, 0.6) is 0 Å². The molecule has 0 bridgehead atoms. The molecular formula is C13H17N3O. The lowest BCUT2D eigenvalue weighted by molar-refractivity contribution is 0.115. The van der Waals surface area contributed by atoms with E-state index in [-0.39, 0.29) is 0 Å². The van der Waals surface area contributed by atoms with E-state index in [1.807, 2.05) is 12.1 Å². The first-order valence-electron chi connectivity index (χ1n) is 6.06. The Hall–Kier alpha value is -1.60. The standard InChI is InChI=1S/C13H17N3O/c1-2-16(10-13-4-3-7-17-13)12-5-6-15-11(8-12)9-14/h5-6,8,13H,2-4,7,10H2,1H3. The van der Waals surface area contributed by atoms with Gasteiger partial charge >= 0.3 is 0 Å². The number of anilines is 1. The Kier molecular flexibility index (Phi) is 3.94. The minimum Gasteiger partial charge on any atom is -0.376 e. The summed E-state index contributed by atoms with van der Waals surface area (Å²) in [5.74, 6) is 0. The van der Waals surface area contributed by atoms with Crippen molar-refractivity contribution >= 4 is 5.69 Å². The number of nitriles is 1. The lowest BCUT2D eigenvalue weighted by Gasteiger charge is -2.25. The van der Waals surface area contributed by atoms with Gasteiger partial charge in [0.1, 0.15) is 11.8 Å². The number of pyridine rings is 1. The molecule has 1 atom stereocenters. The van der Waals surface area contributed by atoms with E-state index in [0.29, 0.717) is 11.8 Å². The number of ether oxygens (including phenoxy) is 1. The molecule has 1 saturated heterocycles. The maximum atomic E-state index is 8.85. The van der Waals surface area contributed by atoms with E-state index in [1.54, 1.807) is 6.20 Å². The van der Waals surface area contributed by atoms with E-state index in [1.165, 1.54) is 0 Å². The van der Waals surface area contributed by atoms with Crippen LogP contribution in [-0.2, 0) is 4.74 Å². The Morgan fingerprint density at radius 3 is 3.18 bits per heavy atom. The van der Waals surface area contributed by atoms with Gasteiger partial charge in [-0.25, -0.2) is 4.98 Å². The fraction of sp³-hybridized carbons (Fsp3) is 0.538. The molecule has 0 aromatic carbocycles. The molecule has 0 saturated carbocycles. The van der Waals surface area contributed by atoms with Crippen molar-refractivity contribution in [2.24, 2.45) is 0 Å². The third-order valence-electron chi connectivity index (χ3n) is 3.05. The van der Waals surface area contributed by atoms with Crippen LogP contribution in [0.15, 0.2) is 18.3 Å². The summed E-state index contributed by atoms with van der Waals surface area (Å²) in [6, 6.07) is 5.85. The summed E-state index contributed by atoms with van der Waals surface area (Å²) < 4.78 is 5.64. The van der Waals surface area contributed by atoms with Gasteiger partial charge in [-0.1, -0.05) is 0 Å². The maximum absolute atomic E-state index is 8.85. The molecule has 0 N–H and O–H groups in total. The second-order valence-electron chi connectivity index (χ2n) is 4.18. The Bertz CT molecular complexity index is 407. The van der Waals surface area contributed by atoms with E-state index in [4.69, 9.17) is 10.00 Å². The third kappa shape index (κ3) is 2.95. The Morgan fingerprint density at radius 1 is 1.65 bits per heavy atom. The number of likely N-dealkylation sites (N-methyl/N-ethyl adjacent to an activating group) is 1. The predicted octanol–water partition coefficient (Wildman–Crippen LogP) is 1.96. The van der Waals surface area contributed by atoms with Crippen molar-refractivity contribution in [1.82, 2.24) is 4.98 Å². The minimum absolute atomic E-state index is 0.327. The fourth-order valence-corrected chi connectivity index (χ4v) is 2.13. The van der Waals surface area contributed by atoms with Crippen molar-refractivity contribution in [2.45, 2.75) is 25.9 Å². The summed E-state index contributed by atoms with van der Waals surface area (Å²) in [5.41, 5.74) is 1.52.